The number of nitrogens with two attached hydrogens (primary N) is 1. The van der Waals surface area contributed by atoms with E-state index in [0.717, 1.165) is 24.2 Å². The largest absolute Gasteiger partial charge is 0.508 e. The molecule has 6 N–H and O–H groups in total. The van der Waals surface area contributed by atoms with Crippen LogP contribution in [0.3, 0.4) is 0 Å². The van der Waals surface area contributed by atoms with Crippen molar-refractivity contribution in [3.05, 3.63) is 45.7 Å². The lowest BCUT2D eigenvalue weighted by atomic mass is 9.57. The fourth-order valence-corrected chi connectivity index (χ4v) is 7.23. The summed E-state index contributed by atoms with van der Waals surface area (Å²) in [6, 6.07) is 2.31. The first-order valence-corrected chi connectivity index (χ1v) is 14.1. The van der Waals surface area contributed by atoms with Crippen molar-refractivity contribution in [1.29, 1.82) is 0 Å². The molecule has 10 nitrogen and oxygen atoms in total. The van der Waals surface area contributed by atoms with E-state index >= 15 is 0 Å². The van der Waals surface area contributed by atoms with Gasteiger partial charge in [0.05, 0.1) is 11.6 Å². The number of phenols is 1. The predicted octanol–water partition coefficient (Wildman–Crippen LogP) is 1.59. The normalized spacial score (nSPS) is 30.1. The average Bonchev–Trinajstić information content (AvgIpc) is 3.80. The second-order valence-electron chi connectivity index (χ2n) is 12.6. The van der Waals surface area contributed by atoms with Crippen LogP contribution in [0, 0.1) is 23.7 Å². The number of nitrogens with zero attached hydrogens (tertiary/aromatic N) is 2. The second kappa shape index (κ2) is 9.43. The van der Waals surface area contributed by atoms with E-state index in [1.807, 2.05) is 6.07 Å². The number of Topliss-reactive ketones (excluding diaryl/α,β-unsaturated/α-hetero) is 2. The van der Waals surface area contributed by atoms with Crippen LogP contribution in [0.5, 0.6) is 5.75 Å². The molecular weight excluding hydrogens is 514 g/mol. The number of primary amides is 1. The van der Waals surface area contributed by atoms with E-state index in [4.69, 9.17) is 5.73 Å². The van der Waals surface area contributed by atoms with Gasteiger partial charge in [0, 0.05) is 31.1 Å². The van der Waals surface area contributed by atoms with E-state index in [0.29, 0.717) is 24.8 Å². The highest BCUT2D eigenvalue weighted by Crippen LogP contribution is 2.53. The van der Waals surface area contributed by atoms with Crippen LogP contribution >= 0.6 is 0 Å². The molecule has 0 radical (unpaired) electrons. The van der Waals surface area contributed by atoms with Crippen LogP contribution in [0.15, 0.2) is 29.0 Å². The SMILES string of the molecule is CN(C)[C@H]1C(=O)C(C(N)=O)=C(O)[C@@]2(O)C(=O)C3=C(O)c4c(O)ccc(CN(CC5CC5)CC5CC5)c4C[C@@H]3C[C@H]12. The molecule has 1 aromatic carbocycles. The average molecular weight is 552 g/mol. The van der Waals surface area contributed by atoms with Crippen molar-refractivity contribution in [3.63, 3.8) is 0 Å². The van der Waals surface area contributed by atoms with Gasteiger partial charge in [-0.1, -0.05) is 6.07 Å². The number of likely N-dealkylation sites (N-methyl/N-ethyl adjacent to an activating group) is 1. The zero-order chi connectivity index (χ0) is 28.7. The molecule has 214 valence electrons. The maximum absolute atomic E-state index is 14.0. The number of aromatic hydroxyl groups is 1. The first-order valence-electron chi connectivity index (χ1n) is 14.1. The van der Waals surface area contributed by atoms with Gasteiger partial charge < -0.3 is 26.2 Å². The summed E-state index contributed by atoms with van der Waals surface area (Å²) < 4.78 is 0. The molecule has 3 fully saturated rings. The molecule has 1 amide bonds. The van der Waals surface area contributed by atoms with E-state index in [9.17, 15) is 34.8 Å². The smallest absolute Gasteiger partial charge is 0.255 e. The van der Waals surface area contributed by atoms with Crippen molar-refractivity contribution in [1.82, 2.24) is 9.80 Å². The fourth-order valence-electron chi connectivity index (χ4n) is 7.23. The van der Waals surface area contributed by atoms with E-state index in [2.05, 4.69) is 4.90 Å². The zero-order valence-corrected chi connectivity index (χ0v) is 22.9. The zero-order valence-electron chi connectivity index (χ0n) is 22.9. The van der Waals surface area contributed by atoms with E-state index in [-0.39, 0.29) is 23.3 Å². The number of hydrogen-bond donors (Lipinski definition) is 5. The van der Waals surface area contributed by atoms with Crippen LogP contribution in [0.4, 0.5) is 0 Å². The summed E-state index contributed by atoms with van der Waals surface area (Å²) in [5.41, 5.74) is 3.72. The second-order valence-corrected chi connectivity index (χ2v) is 12.6. The molecule has 0 aliphatic heterocycles. The van der Waals surface area contributed by atoms with Crippen LogP contribution in [0.2, 0.25) is 0 Å². The number of phenolic OH excluding ortho intramolecular Hbond substituents is 1. The van der Waals surface area contributed by atoms with Gasteiger partial charge in [-0.2, -0.15) is 0 Å². The molecule has 0 bridgehead atoms. The molecule has 0 aromatic heterocycles. The minimum absolute atomic E-state index is 0.0920. The highest BCUT2D eigenvalue weighted by Gasteiger charge is 2.64. The molecular formula is C30H37N3O7. The van der Waals surface area contributed by atoms with Gasteiger partial charge in [0.1, 0.15) is 22.8 Å². The molecule has 6 rings (SSSR count). The van der Waals surface area contributed by atoms with Crippen LogP contribution in [-0.4, -0.2) is 86.5 Å². The van der Waals surface area contributed by atoms with Gasteiger partial charge in [0.25, 0.3) is 5.91 Å². The van der Waals surface area contributed by atoms with Crippen molar-refractivity contribution in [2.45, 2.75) is 56.7 Å². The quantitative estimate of drug-likeness (QED) is 0.302. The molecule has 10 heteroatoms. The molecule has 5 aliphatic rings. The number of rotatable bonds is 8. The van der Waals surface area contributed by atoms with Gasteiger partial charge in [-0.15, -0.1) is 0 Å². The molecule has 0 heterocycles. The Labute approximate surface area is 232 Å². The number of aliphatic hydroxyl groups is 3. The van der Waals surface area contributed by atoms with Gasteiger partial charge in [0.15, 0.2) is 11.4 Å². The van der Waals surface area contributed by atoms with E-state index in [1.54, 1.807) is 14.1 Å². The van der Waals surface area contributed by atoms with Crippen molar-refractivity contribution in [2.75, 3.05) is 27.2 Å². The fraction of sp³-hybridized carbons (Fsp3) is 0.567. The minimum atomic E-state index is -2.62. The summed E-state index contributed by atoms with van der Waals surface area (Å²) in [7, 11) is 3.19. The van der Waals surface area contributed by atoms with E-state index in [1.165, 1.54) is 36.6 Å². The summed E-state index contributed by atoms with van der Waals surface area (Å²) in [5.74, 6) is -4.89. The molecule has 4 atom stereocenters. The van der Waals surface area contributed by atoms with Gasteiger partial charge in [0.2, 0.25) is 5.78 Å². The summed E-state index contributed by atoms with van der Waals surface area (Å²) >= 11 is 0. The van der Waals surface area contributed by atoms with Crippen molar-refractivity contribution >= 4 is 23.2 Å². The lowest BCUT2D eigenvalue weighted by Crippen LogP contribution is -2.65. The molecule has 0 spiro atoms. The number of carbonyl (C=O) groups excluding carboxylic acids is 3. The molecule has 1 aromatic rings. The Bertz CT molecular complexity index is 1360. The molecule has 3 saturated carbocycles. The summed E-state index contributed by atoms with van der Waals surface area (Å²) in [4.78, 5) is 43.4. The lowest BCUT2D eigenvalue weighted by molar-refractivity contribution is -0.153. The molecule has 40 heavy (non-hydrogen) atoms. The predicted molar refractivity (Wildman–Crippen MR) is 145 cm³/mol. The van der Waals surface area contributed by atoms with Gasteiger partial charge in [-0.05, 0) is 87.6 Å². The highest BCUT2D eigenvalue weighted by molar-refractivity contribution is 6.24. The number of benzene rings is 1. The number of fused-ring (bicyclic) bond motifs is 3. The Morgan fingerprint density at radius 2 is 1.68 bits per heavy atom. The summed E-state index contributed by atoms with van der Waals surface area (Å²) in [5, 5.41) is 45.0. The highest BCUT2D eigenvalue weighted by atomic mass is 16.3. The van der Waals surface area contributed by atoms with Gasteiger partial charge in [-0.25, -0.2) is 0 Å². The third kappa shape index (κ3) is 4.15. The van der Waals surface area contributed by atoms with Crippen LogP contribution in [-0.2, 0) is 27.3 Å². The first-order chi connectivity index (χ1) is 18.9. The topological polar surface area (TPSA) is 165 Å². The first kappa shape index (κ1) is 27.0. The van der Waals surface area contributed by atoms with Crippen molar-refractivity contribution in [2.24, 2.45) is 29.4 Å². The third-order valence-electron chi connectivity index (χ3n) is 9.52. The minimum Gasteiger partial charge on any atom is -0.508 e. The van der Waals surface area contributed by atoms with E-state index < -0.39 is 58.0 Å². The van der Waals surface area contributed by atoms with Gasteiger partial charge in [-0.3, -0.25) is 24.2 Å². The number of amides is 1. The standard InChI is InChI=1S/C30H37N3O7/c1-32(2)24-19-10-17-9-18-16(13-33(11-14-3-4-14)12-15-5-6-15)7-8-20(34)22(18)25(35)21(17)27(37)30(19,40)28(38)23(26(24)36)29(31)39/h7-8,14-15,17,19,24,34-35,38,40H,3-6,9-13H2,1-2H3,(H2,31,39)/t17-,19-,24-,30+/m1/s1. The Morgan fingerprint density at radius 1 is 1.05 bits per heavy atom. The Kier molecular flexibility index (Phi) is 6.36. The Morgan fingerprint density at radius 3 is 2.23 bits per heavy atom. The lowest BCUT2D eigenvalue weighted by Gasteiger charge is -2.50. The molecule has 5 aliphatic carbocycles. The van der Waals surface area contributed by atoms with Crippen LogP contribution in [0.25, 0.3) is 5.76 Å². The van der Waals surface area contributed by atoms with Crippen LogP contribution < -0.4 is 5.73 Å². The Balaban J connectivity index is 1.44. The Hall–Kier alpha value is -3.21. The molecule has 0 saturated heterocycles. The monoisotopic (exact) mass is 551 g/mol. The maximum atomic E-state index is 14.0. The van der Waals surface area contributed by atoms with Crippen molar-refractivity contribution < 1.29 is 34.8 Å². The number of carbonyl (C=O) groups is 3. The van der Waals surface area contributed by atoms with Gasteiger partial charge >= 0.3 is 0 Å². The summed E-state index contributed by atoms with van der Waals surface area (Å²) in [6.45, 7) is 2.68. The number of aliphatic hydroxyl groups excluding tert-OH is 2. The number of hydrogen-bond acceptors (Lipinski definition) is 9. The number of ketones is 2. The van der Waals surface area contributed by atoms with Crippen LogP contribution in [0.1, 0.15) is 48.8 Å². The van der Waals surface area contributed by atoms with Crippen molar-refractivity contribution in [3.8, 4) is 5.75 Å². The third-order valence-corrected chi connectivity index (χ3v) is 9.52. The maximum Gasteiger partial charge on any atom is 0.255 e. The summed E-state index contributed by atoms with van der Waals surface area (Å²) in [6.07, 6.45) is 5.36. The molecule has 0 unspecified atom stereocenters.